The normalized spacial score (nSPS) is 19.5. The van der Waals surface area contributed by atoms with Crippen LogP contribution in [0.2, 0.25) is 0 Å². The van der Waals surface area contributed by atoms with Crippen molar-refractivity contribution >= 4 is 34.2 Å². The minimum absolute atomic E-state index is 0.0135. The van der Waals surface area contributed by atoms with Crippen LogP contribution in [-0.2, 0) is 15.0 Å². The Kier molecular flexibility index (Phi) is 6.47. The van der Waals surface area contributed by atoms with E-state index < -0.39 is 6.04 Å². The van der Waals surface area contributed by atoms with Crippen LogP contribution in [0.5, 0.6) is 0 Å². The number of pyridine rings is 1. The zero-order valence-electron chi connectivity index (χ0n) is 19.5. The van der Waals surface area contributed by atoms with Gasteiger partial charge in [-0.1, -0.05) is 32.1 Å². The number of likely N-dealkylation sites (tertiary alicyclic amines) is 1. The van der Waals surface area contributed by atoms with Crippen molar-refractivity contribution in [2.24, 2.45) is 0 Å². The highest BCUT2D eigenvalue weighted by molar-refractivity contribution is 7.15. The number of anilines is 1. The standard InChI is InChI=1S/C23H30N6O3S/c1-13-5-6-15(19(31)26-22-28-27-21(33-22)23(2,3)4)18(24-13)14-9-11-29(12-10-14)20(32)16-7-8-17(30)25-16/h5-6,14,16H,7-12H2,1-4H3,(H,25,30)(H,26,28,31). The predicted molar refractivity (Wildman–Crippen MR) is 125 cm³/mol. The SMILES string of the molecule is Cc1ccc(C(=O)Nc2nnc(C(C)(C)C)s2)c(C2CCN(C(=O)C3CCC(=O)N3)CC2)n1. The van der Waals surface area contributed by atoms with Crippen molar-refractivity contribution in [3.05, 3.63) is 34.1 Å². The number of piperidine rings is 1. The number of aromatic nitrogens is 3. The Morgan fingerprint density at radius 2 is 1.88 bits per heavy atom. The number of nitrogens with zero attached hydrogens (tertiary/aromatic N) is 4. The van der Waals surface area contributed by atoms with Crippen LogP contribution in [-0.4, -0.2) is 56.9 Å². The minimum atomic E-state index is -0.405. The first kappa shape index (κ1) is 23.3. The molecule has 0 radical (unpaired) electrons. The minimum Gasteiger partial charge on any atom is -0.344 e. The van der Waals surface area contributed by atoms with Gasteiger partial charge in [0.1, 0.15) is 11.0 Å². The van der Waals surface area contributed by atoms with Crippen molar-refractivity contribution in [3.63, 3.8) is 0 Å². The lowest BCUT2D eigenvalue weighted by atomic mass is 9.89. The molecule has 2 aromatic heterocycles. The van der Waals surface area contributed by atoms with Crippen LogP contribution in [0, 0.1) is 6.92 Å². The molecule has 10 heteroatoms. The molecule has 2 saturated heterocycles. The summed E-state index contributed by atoms with van der Waals surface area (Å²) in [6, 6.07) is 3.24. The molecule has 0 bridgehead atoms. The number of carbonyl (C=O) groups excluding carboxylic acids is 3. The summed E-state index contributed by atoms with van der Waals surface area (Å²) in [5, 5.41) is 15.3. The highest BCUT2D eigenvalue weighted by atomic mass is 32.1. The van der Waals surface area contributed by atoms with Gasteiger partial charge in [0, 0.05) is 36.5 Å². The van der Waals surface area contributed by atoms with Gasteiger partial charge in [0.2, 0.25) is 16.9 Å². The van der Waals surface area contributed by atoms with E-state index in [9.17, 15) is 14.4 Å². The molecule has 0 aromatic carbocycles. The Bertz CT molecular complexity index is 1070. The molecule has 3 amide bonds. The number of hydrogen-bond acceptors (Lipinski definition) is 7. The molecule has 2 aliphatic heterocycles. The lowest BCUT2D eigenvalue weighted by Crippen LogP contribution is -2.47. The molecule has 1 atom stereocenters. The van der Waals surface area contributed by atoms with Gasteiger partial charge in [-0.3, -0.25) is 24.7 Å². The van der Waals surface area contributed by atoms with E-state index in [4.69, 9.17) is 4.98 Å². The Morgan fingerprint density at radius 1 is 1.15 bits per heavy atom. The molecular weight excluding hydrogens is 440 g/mol. The average Bonchev–Trinajstić information content (AvgIpc) is 3.42. The molecule has 33 heavy (non-hydrogen) atoms. The molecule has 9 nitrogen and oxygen atoms in total. The molecule has 0 saturated carbocycles. The van der Waals surface area contributed by atoms with E-state index >= 15 is 0 Å². The molecule has 4 heterocycles. The van der Waals surface area contributed by atoms with E-state index in [0.717, 1.165) is 29.2 Å². The number of rotatable bonds is 4. The first-order valence-corrected chi connectivity index (χ1v) is 12.1. The van der Waals surface area contributed by atoms with Crippen LogP contribution < -0.4 is 10.6 Å². The van der Waals surface area contributed by atoms with Gasteiger partial charge in [0.25, 0.3) is 5.91 Å². The van der Waals surface area contributed by atoms with Crippen molar-refractivity contribution < 1.29 is 14.4 Å². The zero-order valence-corrected chi connectivity index (χ0v) is 20.3. The Labute approximate surface area is 197 Å². The summed E-state index contributed by atoms with van der Waals surface area (Å²) in [5.41, 5.74) is 2.00. The fraction of sp³-hybridized carbons (Fsp3) is 0.565. The van der Waals surface area contributed by atoms with E-state index in [1.807, 2.05) is 24.0 Å². The van der Waals surface area contributed by atoms with Gasteiger partial charge < -0.3 is 10.2 Å². The van der Waals surface area contributed by atoms with Crippen molar-refractivity contribution in [1.82, 2.24) is 25.4 Å². The van der Waals surface area contributed by atoms with E-state index in [-0.39, 0.29) is 29.1 Å². The number of aryl methyl sites for hydroxylation is 1. The third-order valence-corrected chi connectivity index (χ3v) is 7.35. The molecule has 2 fully saturated rings. The fourth-order valence-electron chi connectivity index (χ4n) is 4.21. The third kappa shape index (κ3) is 5.21. The maximum Gasteiger partial charge on any atom is 0.259 e. The largest absolute Gasteiger partial charge is 0.344 e. The maximum atomic E-state index is 13.1. The molecule has 1 unspecified atom stereocenters. The topological polar surface area (TPSA) is 117 Å². The molecule has 4 rings (SSSR count). The molecule has 2 aliphatic rings. The van der Waals surface area contributed by atoms with Gasteiger partial charge in [0.05, 0.1) is 11.3 Å². The summed E-state index contributed by atoms with van der Waals surface area (Å²) in [6.07, 6.45) is 2.40. The van der Waals surface area contributed by atoms with E-state index in [0.29, 0.717) is 36.6 Å². The first-order chi connectivity index (χ1) is 15.6. The van der Waals surface area contributed by atoms with Crippen molar-refractivity contribution in [2.45, 2.75) is 70.8 Å². The highest BCUT2D eigenvalue weighted by Gasteiger charge is 2.34. The summed E-state index contributed by atoms with van der Waals surface area (Å²) < 4.78 is 0. The number of hydrogen-bond donors (Lipinski definition) is 2. The molecule has 2 aromatic rings. The fourth-order valence-corrected chi connectivity index (χ4v) is 5.01. The average molecular weight is 471 g/mol. The molecule has 0 aliphatic carbocycles. The molecular formula is C23H30N6O3S. The predicted octanol–water partition coefficient (Wildman–Crippen LogP) is 2.78. The summed E-state index contributed by atoms with van der Waals surface area (Å²) in [4.78, 5) is 43.8. The Morgan fingerprint density at radius 3 is 2.48 bits per heavy atom. The second-order valence-corrected chi connectivity index (χ2v) is 10.7. The summed E-state index contributed by atoms with van der Waals surface area (Å²) in [6.45, 7) is 9.24. The number of carbonyl (C=O) groups is 3. The van der Waals surface area contributed by atoms with Crippen LogP contribution in [0.4, 0.5) is 5.13 Å². The van der Waals surface area contributed by atoms with Crippen LogP contribution in [0.15, 0.2) is 12.1 Å². The molecule has 2 N–H and O–H groups in total. The summed E-state index contributed by atoms with van der Waals surface area (Å²) >= 11 is 1.37. The Balaban J connectivity index is 1.45. The van der Waals surface area contributed by atoms with Crippen molar-refractivity contribution in [3.8, 4) is 0 Å². The van der Waals surface area contributed by atoms with Gasteiger partial charge in [-0.05, 0) is 38.3 Å². The highest BCUT2D eigenvalue weighted by Crippen LogP contribution is 2.32. The van der Waals surface area contributed by atoms with Gasteiger partial charge in [-0.2, -0.15) is 0 Å². The third-order valence-electron chi connectivity index (χ3n) is 6.08. The first-order valence-electron chi connectivity index (χ1n) is 11.3. The van der Waals surface area contributed by atoms with Crippen LogP contribution in [0.1, 0.15) is 79.1 Å². The quantitative estimate of drug-likeness (QED) is 0.710. The van der Waals surface area contributed by atoms with Crippen LogP contribution in [0.3, 0.4) is 0 Å². The Hall–Kier alpha value is -2.88. The van der Waals surface area contributed by atoms with Gasteiger partial charge in [0.15, 0.2) is 0 Å². The van der Waals surface area contributed by atoms with Crippen LogP contribution in [0.25, 0.3) is 0 Å². The summed E-state index contributed by atoms with van der Waals surface area (Å²) in [5.74, 6) is -0.248. The molecule has 176 valence electrons. The second kappa shape index (κ2) is 9.17. The van der Waals surface area contributed by atoms with E-state index in [1.165, 1.54) is 11.3 Å². The van der Waals surface area contributed by atoms with Crippen molar-refractivity contribution in [2.75, 3.05) is 18.4 Å². The maximum absolute atomic E-state index is 13.1. The van der Waals surface area contributed by atoms with E-state index in [1.54, 1.807) is 0 Å². The monoisotopic (exact) mass is 470 g/mol. The van der Waals surface area contributed by atoms with Crippen LogP contribution >= 0.6 is 11.3 Å². The lowest BCUT2D eigenvalue weighted by Gasteiger charge is -2.33. The molecule has 0 spiro atoms. The number of amides is 3. The lowest BCUT2D eigenvalue weighted by molar-refractivity contribution is -0.135. The van der Waals surface area contributed by atoms with Gasteiger partial charge in [-0.25, -0.2) is 0 Å². The second-order valence-electron chi connectivity index (χ2n) is 9.76. The number of nitrogens with one attached hydrogen (secondary N) is 2. The van der Waals surface area contributed by atoms with Gasteiger partial charge >= 0.3 is 0 Å². The summed E-state index contributed by atoms with van der Waals surface area (Å²) in [7, 11) is 0. The van der Waals surface area contributed by atoms with Crippen molar-refractivity contribution in [1.29, 1.82) is 0 Å². The van der Waals surface area contributed by atoms with E-state index in [2.05, 4.69) is 41.6 Å². The zero-order chi connectivity index (χ0) is 23.8. The smallest absolute Gasteiger partial charge is 0.259 e. The van der Waals surface area contributed by atoms with Gasteiger partial charge in [-0.15, -0.1) is 10.2 Å².